The molecule has 0 N–H and O–H groups in total. The first-order chi connectivity index (χ1) is 8.16. The topological polar surface area (TPSA) is 21.1 Å². The van der Waals surface area contributed by atoms with Crippen LogP contribution in [0.5, 0.6) is 0 Å². The predicted octanol–water partition coefficient (Wildman–Crippen LogP) is 2.36. The van der Waals surface area contributed by atoms with Gasteiger partial charge in [0, 0.05) is 26.0 Å². The van der Waals surface area contributed by atoms with Gasteiger partial charge in [-0.2, -0.15) is 0 Å². The maximum Gasteiger partial charge on any atom is 0.122 e. The lowest BCUT2D eigenvalue weighted by atomic mass is 10.1. The molecule has 3 heteroatoms. The third-order valence-corrected chi connectivity index (χ3v) is 3.03. The Morgan fingerprint density at radius 3 is 2.65 bits per heavy atom. The maximum absolute atomic E-state index is 4.34. The van der Waals surface area contributed by atoms with Crippen LogP contribution in [0.15, 0.2) is 36.7 Å². The lowest BCUT2D eigenvalue weighted by molar-refractivity contribution is 0.306. The SMILES string of the molecule is Cc1ccccc1CN(C)Cc1nccn1C. The van der Waals surface area contributed by atoms with Crippen LogP contribution < -0.4 is 0 Å². The lowest BCUT2D eigenvalue weighted by Gasteiger charge is -2.17. The molecule has 1 aromatic heterocycles. The van der Waals surface area contributed by atoms with E-state index in [4.69, 9.17) is 0 Å². The number of hydrogen-bond acceptors (Lipinski definition) is 2. The summed E-state index contributed by atoms with van der Waals surface area (Å²) in [6, 6.07) is 8.52. The fourth-order valence-electron chi connectivity index (χ4n) is 1.92. The maximum atomic E-state index is 4.34. The first-order valence-corrected chi connectivity index (χ1v) is 5.86. The van der Waals surface area contributed by atoms with E-state index >= 15 is 0 Å². The molecule has 1 heterocycles. The van der Waals surface area contributed by atoms with Gasteiger partial charge in [-0.05, 0) is 25.1 Å². The van der Waals surface area contributed by atoms with E-state index in [1.807, 2.05) is 19.4 Å². The minimum absolute atomic E-state index is 0.873. The standard InChI is InChI=1S/C14H19N3/c1-12-6-4-5-7-13(12)10-16(2)11-14-15-8-9-17(14)3/h4-9H,10-11H2,1-3H3. The van der Waals surface area contributed by atoms with Crippen molar-refractivity contribution in [3.05, 3.63) is 53.6 Å². The van der Waals surface area contributed by atoms with Gasteiger partial charge in [0.2, 0.25) is 0 Å². The van der Waals surface area contributed by atoms with Crippen molar-refractivity contribution in [2.75, 3.05) is 7.05 Å². The normalized spacial score (nSPS) is 11.1. The van der Waals surface area contributed by atoms with Gasteiger partial charge in [0.25, 0.3) is 0 Å². The average molecular weight is 229 g/mol. The second-order valence-corrected chi connectivity index (χ2v) is 4.55. The Morgan fingerprint density at radius 2 is 2.00 bits per heavy atom. The molecule has 1 aromatic carbocycles. The molecule has 0 fully saturated rings. The zero-order chi connectivity index (χ0) is 12.3. The highest BCUT2D eigenvalue weighted by molar-refractivity contribution is 5.25. The van der Waals surface area contributed by atoms with E-state index in [0.717, 1.165) is 18.9 Å². The molecule has 0 unspecified atom stereocenters. The summed E-state index contributed by atoms with van der Waals surface area (Å²) >= 11 is 0. The van der Waals surface area contributed by atoms with E-state index < -0.39 is 0 Å². The molecule has 0 radical (unpaired) electrons. The summed E-state index contributed by atoms with van der Waals surface area (Å²) in [6.45, 7) is 3.99. The summed E-state index contributed by atoms with van der Waals surface area (Å²) in [4.78, 5) is 6.62. The minimum atomic E-state index is 0.873. The van der Waals surface area contributed by atoms with Crippen molar-refractivity contribution in [2.45, 2.75) is 20.0 Å². The van der Waals surface area contributed by atoms with Crippen molar-refractivity contribution < 1.29 is 0 Å². The van der Waals surface area contributed by atoms with E-state index in [9.17, 15) is 0 Å². The van der Waals surface area contributed by atoms with Gasteiger partial charge in [-0.25, -0.2) is 4.98 Å². The fourth-order valence-corrected chi connectivity index (χ4v) is 1.92. The molecule has 0 atom stereocenters. The zero-order valence-electron chi connectivity index (χ0n) is 10.7. The molecule has 0 aliphatic heterocycles. The highest BCUT2D eigenvalue weighted by Crippen LogP contribution is 2.10. The quantitative estimate of drug-likeness (QED) is 0.802. The van der Waals surface area contributed by atoms with E-state index in [2.05, 4.69) is 52.7 Å². The van der Waals surface area contributed by atoms with Crippen LogP contribution in [-0.2, 0) is 20.1 Å². The predicted molar refractivity (Wildman–Crippen MR) is 69.6 cm³/mol. The Bertz CT molecular complexity index is 488. The Morgan fingerprint density at radius 1 is 1.24 bits per heavy atom. The second kappa shape index (κ2) is 5.15. The van der Waals surface area contributed by atoms with Gasteiger partial charge in [0.1, 0.15) is 5.82 Å². The van der Waals surface area contributed by atoms with Crippen LogP contribution in [0.1, 0.15) is 17.0 Å². The monoisotopic (exact) mass is 229 g/mol. The highest BCUT2D eigenvalue weighted by atomic mass is 15.1. The van der Waals surface area contributed by atoms with Gasteiger partial charge in [-0.15, -0.1) is 0 Å². The Balaban J connectivity index is 2.01. The van der Waals surface area contributed by atoms with Crippen LogP contribution >= 0.6 is 0 Å². The second-order valence-electron chi connectivity index (χ2n) is 4.55. The third kappa shape index (κ3) is 2.94. The van der Waals surface area contributed by atoms with Gasteiger partial charge >= 0.3 is 0 Å². The summed E-state index contributed by atoms with van der Waals surface area (Å²) in [7, 11) is 4.16. The molecular formula is C14H19N3. The van der Waals surface area contributed by atoms with Crippen molar-refractivity contribution in [2.24, 2.45) is 7.05 Å². The van der Waals surface area contributed by atoms with E-state index in [-0.39, 0.29) is 0 Å². The molecule has 2 rings (SSSR count). The van der Waals surface area contributed by atoms with Crippen molar-refractivity contribution in [3.8, 4) is 0 Å². The number of aromatic nitrogens is 2. The third-order valence-electron chi connectivity index (χ3n) is 3.03. The largest absolute Gasteiger partial charge is 0.337 e. The van der Waals surface area contributed by atoms with E-state index in [1.54, 1.807) is 0 Å². The average Bonchev–Trinajstić information content (AvgIpc) is 2.68. The molecule has 0 aliphatic carbocycles. The summed E-state index contributed by atoms with van der Waals surface area (Å²) < 4.78 is 2.06. The number of rotatable bonds is 4. The molecule has 0 bridgehead atoms. The molecule has 0 saturated heterocycles. The van der Waals surface area contributed by atoms with Crippen molar-refractivity contribution >= 4 is 0 Å². The smallest absolute Gasteiger partial charge is 0.122 e. The summed E-state index contributed by atoms with van der Waals surface area (Å²) in [5, 5.41) is 0. The molecule has 0 aliphatic rings. The molecule has 3 nitrogen and oxygen atoms in total. The number of aryl methyl sites for hydroxylation is 2. The fraction of sp³-hybridized carbons (Fsp3) is 0.357. The number of benzene rings is 1. The molecule has 2 aromatic rings. The van der Waals surface area contributed by atoms with Gasteiger partial charge in [0.05, 0.1) is 6.54 Å². The molecule has 0 spiro atoms. The first kappa shape index (κ1) is 11.9. The Hall–Kier alpha value is -1.61. The van der Waals surface area contributed by atoms with Crippen LogP contribution in [0.25, 0.3) is 0 Å². The number of nitrogens with zero attached hydrogens (tertiary/aromatic N) is 3. The molecule has 0 amide bonds. The van der Waals surface area contributed by atoms with Crippen LogP contribution in [0, 0.1) is 6.92 Å². The Kier molecular flexibility index (Phi) is 3.59. The minimum Gasteiger partial charge on any atom is -0.337 e. The summed E-state index contributed by atoms with van der Waals surface area (Å²) in [6.07, 6.45) is 3.83. The van der Waals surface area contributed by atoms with Crippen LogP contribution in [0.3, 0.4) is 0 Å². The molecule has 17 heavy (non-hydrogen) atoms. The van der Waals surface area contributed by atoms with Crippen molar-refractivity contribution in [1.29, 1.82) is 0 Å². The van der Waals surface area contributed by atoms with Gasteiger partial charge < -0.3 is 4.57 Å². The van der Waals surface area contributed by atoms with E-state index in [1.165, 1.54) is 11.1 Å². The summed E-state index contributed by atoms with van der Waals surface area (Å²) in [5.41, 5.74) is 2.73. The van der Waals surface area contributed by atoms with Crippen molar-refractivity contribution in [1.82, 2.24) is 14.5 Å². The van der Waals surface area contributed by atoms with E-state index in [0.29, 0.717) is 0 Å². The van der Waals surface area contributed by atoms with Crippen LogP contribution in [0.2, 0.25) is 0 Å². The molecular weight excluding hydrogens is 210 g/mol. The van der Waals surface area contributed by atoms with Gasteiger partial charge in [-0.1, -0.05) is 24.3 Å². The lowest BCUT2D eigenvalue weighted by Crippen LogP contribution is -2.19. The number of hydrogen-bond donors (Lipinski definition) is 0. The Labute approximate surface area is 103 Å². The van der Waals surface area contributed by atoms with Crippen LogP contribution in [0.4, 0.5) is 0 Å². The highest BCUT2D eigenvalue weighted by Gasteiger charge is 2.06. The first-order valence-electron chi connectivity index (χ1n) is 5.86. The zero-order valence-corrected chi connectivity index (χ0v) is 10.7. The molecule has 90 valence electrons. The number of imidazole rings is 1. The molecule has 0 saturated carbocycles. The summed E-state index contributed by atoms with van der Waals surface area (Å²) in [5.74, 6) is 1.10. The van der Waals surface area contributed by atoms with Crippen molar-refractivity contribution in [3.63, 3.8) is 0 Å². The van der Waals surface area contributed by atoms with Gasteiger partial charge in [-0.3, -0.25) is 4.90 Å². The van der Waals surface area contributed by atoms with Gasteiger partial charge in [0.15, 0.2) is 0 Å². The van der Waals surface area contributed by atoms with Crippen LogP contribution in [-0.4, -0.2) is 21.5 Å².